The first-order valence-corrected chi connectivity index (χ1v) is 10.1. The number of hydrogen-bond donors (Lipinski definition) is 1. The Morgan fingerprint density at radius 2 is 2.08 bits per heavy atom. The van der Waals surface area contributed by atoms with Gasteiger partial charge in [-0.15, -0.1) is 0 Å². The molecular weight excluding hydrogens is 340 g/mol. The van der Waals surface area contributed by atoms with E-state index >= 15 is 0 Å². The molecule has 0 saturated carbocycles. The quantitative estimate of drug-likeness (QED) is 0.903. The van der Waals surface area contributed by atoms with Crippen LogP contribution >= 0.6 is 0 Å². The number of sulfone groups is 1. The van der Waals surface area contributed by atoms with Gasteiger partial charge in [-0.1, -0.05) is 30.3 Å². The minimum absolute atomic E-state index is 0.0335. The van der Waals surface area contributed by atoms with Crippen molar-refractivity contribution in [2.24, 2.45) is 7.05 Å². The van der Waals surface area contributed by atoms with Crippen LogP contribution in [0.5, 0.6) is 0 Å². The summed E-state index contributed by atoms with van der Waals surface area (Å²) < 4.78 is 25.1. The molecule has 0 spiro atoms. The van der Waals surface area contributed by atoms with Gasteiger partial charge in [-0.25, -0.2) is 13.2 Å². The summed E-state index contributed by atoms with van der Waals surface area (Å²) in [5.41, 5.74) is 1.90. The van der Waals surface area contributed by atoms with E-state index in [1.54, 1.807) is 9.58 Å². The molecular formula is C17H22N4O3S. The molecule has 3 rings (SSSR count). The molecule has 134 valence electrons. The second-order valence-corrected chi connectivity index (χ2v) is 8.41. The van der Waals surface area contributed by atoms with Gasteiger partial charge < -0.3 is 4.90 Å². The van der Waals surface area contributed by atoms with Crippen LogP contribution in [-0.4, -0.2) is 53.2 Å². The summed E-state index contributed by atoms with van der Waals surface area (Å²) in [5.74, 6) is 0.625. The van der Waals surface area contributed by atoms with E-state index in [2.05, 4.69) is 10.4 Å². The van der Waals surface area contributed by atoms with Crippen molar-refractivity contribution in [3.63, 3.8) is 0 Å². The fourth-order valence-electron chi connectivity index (χ4n) is 3.18. The van der Waals surface area contributed by atoms with Crippen LogP contribution < -0.4 is 5.32 Å². The lowest BCUT2D eigenvalue weighted by molar-refractivity contribution is 0.197. The predicted molar refractivity (Wildman–Crippen MR) is 97.1 cm³/mol. The number of rotatable bonds is 4. The number of aryl methyl sites for hydroxylation is 1. The number of carbonyl (C=O) groups excluding carboxylic acids is 1. The van der Waals surface area contributed by atoms with E-state index in [1.807, 2.05) is 50.4 Å². The Hall–Kier alpha value is -2.35. The Kier molecular flexibility index (Phi) is 4.80. The van der Waals surface area contributed by atoms with Gasteiger partial charge in [0.1, 0.15) is 0 Å². The smallest absolute Gasteiger partial charge is 0.321 e. The molecule has 1 atom stereocenters. The van der Waals surface area contributed by atoms with Crippen LogP contribution in [0.1, 0.15) is 13.3 Å². The number of nitrogens with one attached hydrogen (secondary N) is 1. The second-order valence-electron chi connectivity index (χ2n) is 6.18. The Morgan fingerprint density at radius 3 is 2.68 bits per heavy atom. The van der Waals surface area contributed by atoms with Crippen molar-refractivity contribution in [3.05, 3.63) is 36.4 Å². The molecule has 1 unspecified atom stereocenters. The molecule has 1 aliphatic heterocycles. The Morgan fingerprint density at radius 1 is 1.36 bits per heavy atom. The van der Waals surface area contributed by atoms with E-state index in [0.717, 1.165) is 11.3 Å². The predicted octanol–water partition coefficient (Wildman–Crippen LogP) is 2.13. The highest BCUT2D eigenvalue weighted by Gasteiger charge is 2.34. The summed E-state index contributed by atoms with van der Waals surface area (Å²) in [4.78, 5) is 14.1. The minimum atomic E-state index is -3.04. The Bertz CT molecular complexity index is 861. The van der Waals surface area contributed by atoms with Gasteiger partial charge >= 0.3 is 6.03 Å². The van der Waals surface area contributed by atoms with Crippen LogP contribution in [0.25, 0.3) is 11.3 Å². The van der Waals surface area contributed by atoms with E-state index in [9.17, 15) is 13.2 Å². The topological polar surface area (TPSA) is 84.3 Å². The molecule has 0 aliphatic carbocycles. The number of nitrogens with zero attached hydrogens (tertiary/aromatic N) is 3. The fraction of sp³-hybridized carbons (Fsp3) is 0.412. The van der Waals surface area contributed by atoms with Gasteiger partial charge in [-0.3, -0.25) is 10.00 Å². The van der Waals surface area contributed by atoms with Crippen LogP contribution in [-0.2, 0) is 16.9 Å². The van der Waals surface area contributed by atoms with Crippen molar-refractivity contribution < 1.29 is 13.2 Å². The summed E-state index contributed by atoms with van der Waals surface area (Å²) in [7, 11) is -1.22. The van der Waals surface area contributed by atoms with E-state index in [1.165, 1.54) is 0 Å². The maximum Gasteiger partial charge on any atom is 0.323 e. The molecule has 8 heteroatoms. The zero-order valence-corrected chi connectivity index (χ0v) is 15.2. The third kappa shape index (κ3) is 3.84. The summed E-state index contributed by atoms with van der Waals surface area (Å²) in [6, 6.07) is 11.0. The van der Waals surface area contributed by atoms with Gasteiger partial charge in [-0.05, 0) is 18.9 Å². The van der Waals surface area contributed by atoms with Crippen molar-refractivity contribution in [2.45, 2.75) is 19.4 Å². The molecule has 1 aromatic carbocycles. The molecule has 1 saturated heterocycles. The van der Waals surface area contributed by atoms with Crippen LogP contribution in [0.3, 0.4) is 0 Å². The minimum Gasteiger partial charge on any atom is -0.321 e. The zero-order valence-electron chi connectivity index (χ0n) is 14.3. The van der Waals surface area contributed by atoms with Gasteiger partial charge in [0.15, 0.2) is 15.7 Å². The SMILES string of the molecule is CCN(C(=O)Nc1cc(-c2ccccc2)n(C)n1)C1CCS(=O)(=O)C1. The molecule has 0 radical (unpaired) electrons. The molecule has 1 aromatic heterocycles. The lowest BCUT2D eigenvalue weighted by atomic mass is 10.1. The maximum absolute atomic E-state index is 12.6. The molecule has 1 fully saturated rings. The van der Waals surface area contributed by atoms with Crippen molar-refractivity contribution in [2.75, 3.05) is 23.4 Å². The van der Waals surface area contributed by atoms with E-state index in [-0.39, 0.29) is 23.6 Å². The van der Waals surface area contributed by atoms with Crippen LogP contribution in [0.2, 0.25) is 0 Å². The summed E-state index contributed by atoms with van der Waals surface area (Å²) in [6.45, 7) is 2.29. The van der Waals surface area contributed by atoms with Gasteiger partial charge in [0.25, 0.3) is 0 Å². The van der Waals surface area contributed by atoms with Gasteiger partial charge in [-0.2, -0.15) is 5.10 Å². The Labute approximate surface area is 147 Å². The first-order chi connectivity index (χ1) is 11.9. The third-order valence-electron chi connectivity index (χ3n) is 4.44. The normalized spacial score (nSPS) is 18.9. The zero-order chi connectivity index (χ0) is 18.0. The van der Waals surface area contributed by atoms with Crippen LogP contribution in [0, 0.1) is 0 Å². The van der Waals surface area contributed by atoms with Crippen molar-refractivity contribution in [3.8, 4) is 11.3 Å². The maximum atomic E-state index is 12.6. The molecule has 7 nitrogen and oxygen atoms in total. The highest BCUT2D eigenvalue weighted by Crippen LogP contribution is 2.23. The number of hydrogen-bond acceptors (Lipinski definition) is 4. The molecule has 1 N–H and O–H groups in total. The number of urea groups is 1. The average molecular weight is 362 g/mol. The van der Waals surface area contributed by atoms with E-state index in [4.69, 9.17) is 0 Å². The van der Waals surface area contributed by atoms with Crippen molar-refractivity contribution in [1.29, 1.82) is 0 Å². The standard InChI is InChI=1S/C17H22N4O3S/c1-3-21(14-9-10-25(23,24)12-14)17(22)18-16-11-15(20(2)19-16)13-7-5-4-6-8-13/h4-8,11,14H,3,9-10,12H2,1-2H3,(H,18,19,22). The number of benzene rings is 1. The van der Waals surface area contributed by atoms with Crippen LogP contribution in [0.15, 0.2) is 36.4 Å². The molecule has 2 heterocycles. The summed E-state index contributed by atoms with van der Waals surface area (Å²) >= 11 is 0. The van der Waals surface area contributed by atoms with Crippen molar-refractivity contribution in [1.82, 2.24) is 14.7 Å². The lowest BCUT2D eigenvalue weighted by Crippen LogP contribution is -2.43. The highest BCUT2D eigenvalue weighted by atomic mass is 32.2. The number of aromatic nitrogens is 2. The average Bonchev–Trinajstić information content (AvgIpc) is 3.11. The Balaban J connectivity index is 1.74. The number of carbonyl (C=O) groups is 1. The molecule has 2 aromatic rings. The first-order valence-electron chi connectivity index (χ1n) is 8.27. The van der Waals surface area contributed by atoms with E-state index in [0.29, 0.717) is 18.8 Å². The first kappa shape index (κ1) is 17.5. The largest absolute Gasteiger partial charge is 0.323 e. The molecule has 1 aliphatic rings. The third-order valence-corrected chi connectivity index (χ3v) is 6.19. The van der Waals surface area contributed by atoms with Gasteiger partial charge in [0, 0.05) is 25.7 Å². The monoisotopic (exact) mass is 362 g/mol. The summed E-state index contributed by atoms with van der Waals surface area (Å²) in [5, 5.41) is 7.13. The summed E-state index contributed by atoms with van der Waals surface area (Å²) in [6.07, 6.45) is 0.487. The molecule has 0 bridgehead atoms. The molecule has 2 amide bonds. The number of anilines is 1. The second kappa shape index (κ2) is 6.87. The highest BCUT2D eigenvalue weighted by molar-refractivity contribution is 7.91. The fourth-order valence-corrected chi connectivity index (χ4v) is 4.91. The lowest BCUT2D eigenvalue weighted by Gasteiger charge is -2.26. The van der Waals surface area contributed by atoms with Gasteiger partial charge in [0.2, 0.25) is 0 Å². The molecule has 25 heavy (non-hydrogen) atoms. The van der Waals surface area contributed by atoms with Crippen molar-refractivity contribution >= 4 is 21.7 Å². The van der Waals surface area contributed by atoms with Crippen LogP contribution in [0.4, 0.5) is 10.6 Å². The van der Waals surface area contributed by atoms with E-state index < -0.39 is 9.84 Å². The number of amides is 2. The van der Waals surface area contributed by atoms with Gasteiger partial charge in [0.05, 0.1) is 17.2 Å².